The number of aliphatic hydroxyl groups is 1. The first-order valence-electron chi connectivity index (χ1n) is 9.82. The molecule has 0 unspecified atom stereocenters. The molecule has 2 saturated heterocycles. The average molecular weight is 490 g/mol. The minimum Gasteiger partial charge on any atom is -0.394 e. The van der Waals surface area contributed by atoms with Gasteiger partial charge in [-0.2, -0.15) is 16.1 Å². The van der Waals surface area contributed by atoms with Crippen LogP contribution in [0.15, 0.2) is 15.6 Å². The van der Waals surface area contributed by atoms with Crippen LogP contribution in [0.1, 0.15) is 37.7 Å². The van der Waals surface area contributed by atoms with E-state index in [1.165, 1.54) is 34.8 Å². The standard InChI is InChI=1S/C19H28BrN3O3S2/c1-14-15(28(25,26)22(2)19(13-24)4-3-5-19)10-21-17(16(14)20)23-11-18(12-23)6-8-27-9-7-18/h10,24H,3-9,11-13H2,1-2H3. The number of aliphatic hydroxyl groups excluding tert-OH is 1. The van der Waals surface area contributed by atoms with Crippen molar-refractivity contribution in [2.45, 2.75) is 49.5 Å². The van der Waals surface area contributed by atoms with Crippen LogP contribution in [0, 0.1) is 12.3 Å². The Morgan fingerprint density at radius 2 is 1.93 bits per heavy atom. The summed E-state index contributed by atoms with van der Waals surface area (Å²) in [5, 5.41) is 9.78. The Balaban J connectivity index is 1.58. The van der Waals surface area contributed by atoms with Gasteiger partial charge in [0, 0.05) is 31.7 Å². The van der Waals surface area contributed by atoms with Crippen LogP contribution < -0.4 is 4.90 Å². The van der Waals surface area contributed by atoms with Crippen molar-refractivity contribution in [1.29, 1.82) is 0 Å². The Labute approximate surface area is 180 Å². The lowest BCUT2D eigenvalue weighted by atomic mass is 9.75. The highest BCUT2D eigenvalue weighted by Crippen LogP contribution is 2.46. The van der Waals surface area contributed by atoms with E-state index in [-0.39, 0.29) is 11.5 Å². The molecule has 3 heterocycles. The van der Waals surface area contributed by atoms with Crippen LogP contribution in [-0.2, 0) is 10.0 Å². The Morgan fingerprint density at radius 3 is 2.46 bits per heavy atom. The summed E-state index contributed by atoms with van der Waals surface area (Å²) in [6.45, 7) is 3.67. The molecule has 9 heteroatoms. The number of pyridine rings is 1. The van der Waals surface area contributed by atoms with Crippen LogP contribution in [0.4, 0.5) is 5.82 Å². The zero-order chi connectivity index (χ0) is 20.2. The third-order valence-electron chi connectivity index (χ3n) is 6.99. The van der Waals surface area contributed by atoms with Gasteiger partial charge < -0.3 is 10.0 Å². The minimum atomic E-state index is -3.72. The van der Waals surface area contributed by atoms with Gasteiger partial charge in [-0.25, -0.2) is 13.4 Å². The number of aromatic nitrogens is 1. The second-order valence-corrected chi connectivity index (χ2v) is 12.5. The van der Waals surface area contributed by atoms with Gasteiger partial charge in [0.25, 0.3) is 0 Å². The number of sulfonamides is 1. The van der Waals surface area contributed by atoms with Gasteiger partial charge >= 0.3 is 0 Å². The van der Waals surface area contributed by atoms with Crippen molar-refractivity contribution < 1.29 is 13.5 Å². The van der Waals surface area contributed by atoms with Crippen molar-refractivity contribution >= 4 is 43.5 Å². The number of thioether (sulfide) groups is 1. The van der Waals surface area contributed by atoms with Crippen molar-refractivity contribution in [2.24, 2.45) is 5.41 Å². The summed E-state index contributed by atoms with van der Waals surface area (Å²) < 4.78 is 28.6. The third kappa shape index (κ3) is 3.21. The van der Waals surface area contributed by atoms with E-state index >= 15 is 0 Å². The van der Waals surface area contributed by atoms with Gasteiger partial charge in [0.1, 0.15) is 10.7 Å². The predicted molar refractivity (Wildman–Crippen MR) is 116 cm³/mol. The molecule has 3 fully saturated rings. The predicted octanol–water partition coefficient (Wildman–Crippen LogP) is 3.02. The molecule has 1 spiro atoms. The van der Waals surface area contributed by atoms with Gasteiger partial charge in [-0.15, -0.1) is 0 Å². The number of rotatable bonds is 5. The number of nitrogens with zero attached hydrogens (tertiary/aromatic N) is 3. The summed E-state index contributed by atoms with van der Waals surface area (Å²) in [5.41, 5.74) is 0.437. The molecule has 1 aromatic rings. The summed E-state index contributed by atoms with van der Waals surface area (Å²) in [5.74, 6) is 3.30. The number of halogens is 1. The molecule has 0 atom stereocenters. The molecule has 4 rings (SSSR count). The first kappa shape index (κ1) is 20.9. The van der Waals surface area contributed by atoms with Crippen molar-refractivity contribution in [1.82, 2.24) is 9.29 Å². The van der Waals surface area contributed by atoms with E-state index in [1.807, 2.05) is 18.7 Å². The van der Waals surface area contributed by atoms with E-state index in [9.17, 15) is 13.5 Å². The molecule has 1 saturated carbocycles. The van der Waals surface area contributed by atoms with Crippen LogP contribution >= 0.6 is 27.7 Å². The van der Waals surface area contributed by atoms with Gasteiger partial charge in [-0.1, -0.05) is 0 Å². The monoisotopic (exact) mass is 489 g/mol. The summed E-state index contributed by atoms with van der Waals surface area (Å²) in [6, 6.07) is 0. The molecule has 28 heavy (non-hydrogen) atoms. The normalized spacial score (nSPS) is 23.5. The molecule has 0 aromatic carbocycles. The van der Waals surface area contributed by atoms with Crippen LogP contribution in [-0.4, -0.2) is 66.6 Å². The molecule has 1 aromatic heterocycles. The summed E-state index contributed by atoms with van der Waals surface area (Å²) in [6.07, 6.45) is 6.33. The Kier molecular flexibility index (Phi) is 5.53. The molecular formula is C19H28BrN3O3S2. The number of likely N-dealkylation sites (N-methyl/N-ethyl adjacent to an activating group) is 1. The fraction of sp³-hybridized carbons (Fsp3) is 0.737. The summed E-state index contributed by atoms with van der Waals surface area (Å²) in [7, 11) is -2.15. The minimum absolute atomic E-state index is 0.150. The smallest absolute Gasteiger partial charge is 0.245 e. The van der Waals surface area contributed by atoms with Crippen LogP contribution in [0.25, 0.3) is 0 Å². The molecular weight excluding hydrogens is 462 g/mol. The maximum Gasteiger partial charge on any atom is 0.245 e. The van der Waals surface area contributed by atoms with E-state index in [1.54, 1.807) is 7.05 Å². The van der Waals surface area contributed by atoms with E-state index in [0.29, 0.717) is 23.8 Å². The van der Waals surface area contributed by atoms with E-state index in [4.69, 9.17) is 0 Å². The third-order valence-corrected chi connectivity index (χ3v) is 11.0. The lowest BCUT2D eigenvalue weighted by molar-refractivity contribution is 0.0369. The van der Waals surface area contributed by atoms with Crippen molar-refractivity contribution in [3.63, 3.8) is 0 Å². The first-order valence-corrected chi connectivity index (χ1v) is 13.2. The topological polar surface area (TPSA) is 73.7 Å². The zero-order valence-corrected chi connectivity index (χ0v) is 19.7. The first-order chi connectivity index (χ1) is 13.2. The van der Waals surface area contributed by atoms with E-state index < -0.39 is 15.6 Å². The second-order valence-electron chi connectivity index (χ2n) is 8.56. The zero-order valence-electron chi connectivity index (χ0n) is 16.4. The molecule has 156 valence electrons. The molecule has 0 radical (unpaired) electrons. The molecule has 2 aliphatic heterocycles. The molecule has 0 amide bonds. The highest BCUT2D eigenvalue weighted by Gasteiger charge is 2.47. The Hall–Kier alpha value is -0.350. The van der Waals surface area contributed by atoms with Gasteiger partial charge in [0.15, 0.2) is 0 Å². The van der Waals surface area contributed by atoms with Gasteiger partial charge in [0.2, 0.25) is 10.0 Å². The van der Waals surface area contributed by atoms with E-state index in [0.717, 1.165) is 29.8 Å². The maximum absolute atomic E-state index is 13.2. The lowest BCUT2D eigenvalue weighted by Gasteiger charge is -2.53. The maximum atomic E-state index is 13.2. The number of anilines is 1. The van der Waals surface area contributed by atoms with Crippen molar-refractivity contribution in [3.8, 4) is 0 Å². The largest absolute Gasteiger partial charge is 0.394 e. The Bertz CT molecular complexity index is 854. The highest BCUT2D eigenvalue weighted by molar-refractivity contribution is 9.10. The molecule has 0 bridgehead atoms. The molecule has 1 N–H and O–H groups in total. The average Bonchev–Trinajstić information content (AvgIpc) is 2.62. The van der Waals surface area contributed by atoms with Crippen LogP contribution in [0.3, 0.4) is 0 Å². The summed E-state index contributed by atoms with van der Waals surface area (Å²) in [4.78, 5) is 7.02. The quantitative estimate of drug-likeness (QED) is 0.684. The molecule has 1 aliphatic carbocycles. The highest BCUT2D eigenvalue weighted by atomic mass is 79.9. The Morgan fingerprint density at radius 1 is 1.29 bits per heavy atom. The fourth-order valence-electron chi connectivity index (χ4n) is 4.62. The van der Waals surface area contributed by atoms with Crippen molar-refractivity contribution in [2.75, 3.05) is 43.1 Å². The van der Waals surface area contributed by atoms with Crippen LogP contribution in [0.5, 0.6) is 0 Å². The summed E-state index contributed by atoms with van der Waals surface area (Å²) >= 11 is 5.65. The number of hydrogen-bond acceptors (Lipinski definition) is 6. The van der Waals surface area contributed by atoms with Crippen LogP contribution in [0.2, 0.25) is 0 Å². The second kappa shape index (κ2) is 7.41. The van der Waals surface area contributed by atoms with Gasteiger partial charge in [-0.05, 0) is 72.0 Å². The lowest BCUT2D eigenvalue weighted by Crippen LogP contribution is -2.58. The molecule has 3 aliphatic rings. The van der Waals surface area contributed by atoms with Crippen molar-refractivity contribution in [3.05, 3.63) is 16.2 Å². The van der Waals surface area contributed by atoms with Gasteiger partial charge in [-0.3, -0.25) is 0 Å². The van der Waals surface area contributed by atoms with E-state index in [2.05, 4.69) is 25.8 Å². The number of hydrogen-bond donors (Lipinski definition) is 1. The fourth-order valence-corrected chi connectivity index (χ4v) is 8.40. The SMILES string of the molecule is Cc1c(S(=O)(=O)N(C)C2(CO)CCC2)cnc(N2CC3(CCSCC3)C2)c1Br. The van der Waals surface area contributed by atoms with Gasteiger partial charge in [0.05, 0.1) is 16.6 Å². The molecule has 6 nitrogen and oxygen atoms in total.